The van der Waals surface area contributed by atoms with E-state index in [0.717, 1.165) is 29.3 Å². The Morgan fingerprint density at radius 3 is 2.83 bits per heavy atom. The number of aromatic nitrogens is 2. The molecule has 2 heterocycles. The van der Waals surface area contributed by atoms with E-state index in [1.807, 2.05) is 0 Å². The fraction of sp³-hybridized carbons (Fsp3) is 0.529. The average Bonchev–Trinajstić information content (AvgIpc) is 3.15. The molecule has 5 nitrogen and oxygen atoms in total. The summed E-state index contributed by atoms with van der Waals surface area (Å²) in [7, 11) is 0. The Labute approximate surface area is 141 Å². The van der Waals surface area contributed by atoms with Gasteiger partial charge in [-0.3, -0.25) is 4.79 Å². The Kier molecular flexibility index (Phi) is 5.23. The van der Waals surface area contributed by atoms with E-state index in [0.29, 0.717) is 5.75 Å². The molecule has 0 bridgehead atoms. The van der Waals surface area contributed by atoms with Crippen LogP contribution >= 0.6 is 11.8 Å². The van der Waals surface area contributed by atoms with Crippen molar-refractivity contribution < 1.29 is 4.79 Å². The molecule has 1 amide bonds. The minimum Gasteiger partial charge on any atom is -0.354 e. The lowest BCUT2D eigenvalue weighted by molar-refractivity contribution is -0.118. The highest BCUT2D eigenvalue weighted by Gasteiger charge is 2.12. The monoisotopic (exact) mass is 332 g/mol. The van der Waals surface area contributed by atoms with Crippen molar-refractivity contribution in [2.45, 2.75) is 31.8 Å². The van der Waals surface area contributed by atoms with Crippen molar-refractivity contribution in [3.8, 4) is 0 Å². The molecule has 0 spiro atoms. The number of fused-ring (bicyclic) bond motifs is 1. The molecule has 1 saturated heterocycles. The fourth-order valence-corrected chi connectivity index (χ4v) is 3.57. The Bertz CT molecular complexity index is 652. The molecule has 1 aromatic heterocycles. The second-order valence-corrected chi connectivity index (χ2v) is 7.15. The first kappa shape index (κ1) is 16.3. The Morgan fingerprint density at radius 2 is 2.04 bits per heavy atom. The largest absolute Gasteiger partial charge is 0.354 e. The zero-order valence-electron chi connectivity index (χ0n) is 13.8. The number of rotatable bonds is 6. The van der Waals surface area contributed by atoms with E-state index in [9.17, 15) is 4.79 Å². The number of nitrogens with one attached hydrogen (secondary N) is 2. The van der Waals surface area contributed by atoms with Crippen molar-refractivity contribution in [1.82, 2.24) is 20.2 Å². The van der Waals surface area contributed by atoms with Crippen molar-refractivity contribution in [3.63, 3.8) is 0 Å². The molecule has 3 rings (SSSR count). The first-order chi connectivity index (χ1) is 11.1. The van der Waals surface area contributed by atoms with Crippen LogP contribution in [0.3, 0.4) is 0 Å². The molecule has 1 aliphatic rings. The summed E-state index contributed by atoms with van der Waals surface area (Å²) in [6.07, 6.45) is 2.57. The fourth-order valence-electron chi connectivity index (χ4n) is 2.86. The van der Waals surface area contributed by atoms with Crippen LogP contribution in [0.4, 0.5) is 0 Å². The maximum Gasteiger partial charge on any atom is 0.230 e. The molecule has 0 unspecified atom stereocenters. The number of imidazole rings is 1. The molecule has 1 aliphatic heterocycles. The number of thioether (sulfide) groups is 1. The van der Waals surface area contributed by atoms with Crippen LogP contribution in [0.25, 0.3) is 11.0 Å². The van der Waals surface area contributed by atoms with Crippen LogP contribution in [0, 0.1) is 13.8 Å². The third-order valence-corrected chi connectivity index (χ3v) is 5.24. The summed E-state index contributed by atoms with van der Waals surface area (Å²) in [4.78, 5) is 22.2. The number of carbonyl (C=O) groups is 1. The summed E-state index contributed by atoms with van der Waals surface area (Å²) in [6, 6.07) is 4.19. The van der Waals surface area contributed by atoms with Gasteiger partial charge in [0.2, 0.25) is 5.91 Å². The molecule has 0 atom stereocenters. The van der Waals surface area contributed by atoms with Gasteiger partial charge in [-0.05, 0) is 63.0 Å². The van der Waals surface area contributed by atoms with Crippen LogP contribution in [-0.2, 0) is 4.79 Å². The van der Waals surface area contributed by atoms with Crippen molar-refractivity contribution in [2.24, 2.45) is 0 Å². The number of nitrogens with zero attached hydrogens (tertiary/aromatic N) is 2. The van der Waals surface area contributed by atoms with E-state index < -0.39 is 0 Å². The lowest BCUT2D eigenvalue weighted by Gasteiger charge is -2.14. The second kappa shape index (κ2) is 7.36. The standard InChI is InChI=1S/C17H24N4OS/c1-12-9-14-15(10-13(12)2)20-17(19-14)23-11-16(22)18-5-8-21-6-3-4-7-21/h9-10H,3-8,11H2,1-2H3,(H,18,22)(H,19,20). The van der Waals surface area contributed by atoms with E-state index in [1.54, 1.807) is 0 Å². The predicted molar refractivity (Wildman–Crippen MR) is 95.0 cm³/mol. The van der Waals surface area contributed by atoms with Gasteiger partial charge in [0.15, 0.2) is 5.16 Å². The van der Waals surface area contributed by atoms with E-state index in [4.69, 9.17) is 0 Å². The van der Waals surface area contributed by atoms with Crippen LogP contribution in [0.15, 0.2) is 17.3 Å². The summed E-state index contributed by atoms with van der Waals surface area (Å²) in [5, 5.41) is 3.79. The zero-order chi connectivity index (χ0) is 16.2. The van der Waals surface area contributed by atoms with Crippen molar-refractivity contribution in [2.75, 3.05) is 31.9 Å². The number of carbonyl (C=O) groups excluding carboxylic acids is 1. The minimum atomic E-state index is 0.0713. The third-order valence-electron chi connectivity index (χ3n) is 4.36. The molecule has 2 N–H and O–H groups in total. The van der Waals surface area contributed by atoms with Crippen LogP contribution in [0.2, 0.25) is 0 Å². The van der Waals surface area contributed by atoms with E-state index in [1.165, 1.54) is 48.8 Å². The lowest BCUT2D eigenvalue weighted by Crippen LogP contribution is -2.34. The summed E-state index contributed by atoms with van der Waals surface area (Å²) in [5.74, 6) is 0.472. The molecule has 1 fully saturated rings. The van der Waals surface area contributed by atoms with Gasteiger partial charge in [0.25, 0.3) is 0 Å². The zero-order valence-corrected chi connectivity index (χ0v) is 14.6. The quantitative estimate of drug-likeness (QED) is 0.798. The highest BCUT2D eigenvalue weighted by atomic mass is 32.2. The first-order valence-corrected chi connectivity index (χ1v) is 9.19. The van der Waals surface area contributed by atoms with Crippen molar-refractivity contribution in [1.29, 1.82) is 0 Å². The average molecular weight is 332 g/mol. The normalized spacial score (nSPS) is 15.4. The Hall–Kier alpha value is -1.53. The predicted octanol–water partition coefficient (Wildman–Crippen LogP) is 2.48. The topological polar surface area (TPSA) is 61.0 Å². The van der Waals surface area contributed by atoms with E-state index in [2.05, 4.69) is 46.2 Å². The lowest BCUT2D eigenvalue weighted by atomic mass is 10.1. The summed E-state index contributed by atoms with van der Waals surface area (Å²) in [6.45, 7) is 8.21. The first-order valence-electron chi connectivity index (χ1n) is 8.20. The number of hydrogen-bond acceptors (Lipinski definition) is 4. The number of likely N-dealkylation sites (tertiary alicyclic amines) is 1. The van der Waals surface area contributed by atoms with Crippen LogP contribution in [-0.4, -0.2) is 52.7 Å². The maximum atomic E-state index is 11.9. The smallest absolute Gasteiger partial charge is 0.230 e. The van der Waals surface area contributed by atoms with Gasteiger partial charge in [0.05, 0.1) is 16.8 Å². The highest BCUT2D eigenvalue weighted by Crippen LogP contribution is 2.22. The molecule has 0 aliphatic carbocycles. The molecular weight excluding hydrogens is 308 g/mol. The second-order valence-electron chi connectivity index (χ2n) is 6.18. The number of aryl methyl sites for hydroxylation is 2. The van der Waals surface area contributed by atoms with E-state index in [-0.39, 0.29) is 5.91 Å². The van der Waals surface area contributed by atoms with Gasteiger partial charge in [0.1, 0.15) is 0 Å². The maximum absolute atomic E-state index is 11.9. The molecule has 1 aromatic carbocycles. The van der Waals surface area contributed by atoms with Gasteiger partial charge in [-0.15, -0.1) is 0 Å². The number of benzene rings is 1. The summed E-state index contributed by atoms with van der Waals surface area (Å²) < 4.78 is 0. The van der Waals surface area contributed by atoms with Crippen molar-refractivity contribution in [3.05, 3.63) is 23.3 Å². The van der Waals surface area contributed by atoms with Gasteiger partial charge in [-0.1, -0.05) is 11.8 Å². The summed E-state index contributed by atoms with van der Waals surface area (Å²) >= 11 is 1.46. The molecule has 124 valence electrons. The highest BCUT2D eigenvalue weighted by molar-refractivity contribution is 7.99. The number of aromatic amines is 1. The van der Waals surface area contributed by atoms with Crippen molar-refractivity contribution >= 4 is 28.7 Å². The number of H-pyrrole nitrogens is 1. The van der Waals surface area contributed by atoms with Gasteiger partial charge < -0.3 is 15.2 Å². The molecule has 6 heteroatoms. The Morgan fingerprint density at radius 1 is 1.30 bits per heavy atom. The van der Waals surface area contributed by atoms with Gasteiger partial charge in [-0.25, -0.2) is 4.98 Å². The molecule has 0 saturated carbocycles. The van der Waals surface area contributed by atoms with Gasteiger partial charge in [-0.2, -0.15) is 0 Å². The van der Waals surface area contributed by atoms with Crippen LogP contribution in [0.5, 0.6) is 0 Å². The van der Waals surface area contributed by atoms with Gasteiger partial charge >= 0.3 is 0 Å². The number of amides is 1. The van der Waals surface area contributed by atoms with Crippen LogP contribution < -0.4 is 5.32 Å². The van der Waals surface area contributed by atoms with Gasteiger partial charge in [0, 0.05) is 13.1 Å². The minimum absolute atomic E-state index is 0.0713. The molecule has 2 aromatic rings. The Balaban J connectivity index is 1.46. The van der Waals surface area contributed by atoms with Crippen LogP contribution in [0.1, 0.15) is 24.0 Å². The number of hydrogen-bond donors (Lipinski definition) is 2. The molecular formula is C17H24N4OS. The third kappa shape index (κ3) is 4.26. The van der Waals surface area contributed by atoms with E-state index >= 15 is 0 Å². The summed E-state index contributed by atoms with van der Waals surface area (Å²) in [5.41, 5.74) is 4.48. The molecule has 23 heavy (non-hydrogen) atoms. The SMILES string of the molecule is Cc1cc2nc(SCC(=O)NCCN3CCCC3)[nH]c2cc1C. The molecule has 0 radical (unpaired) electrons.